The maximum Gasteiger partial charge on any atom is 0.225 e. The van der Waals surface area contributed by atoms with Crippen LogP contribution in [-0.4, -0.2) is 32.7 Å². The summed E-state index contributed by atoms with van der Waals surface area (Å²) in [6, 6.07) is 15.3. The molecule has 1 aliphatic heterocycles. The lowest BCUT2D eigenvalue weighted by molar-refractivity contribution is -0.121. The van der Waals surface area contributed by atoms with Crippen molar-refractivity contribution >= 4 is 5.91 Å². The van der Waals surface area contributed by atoms with Gasteiger partial charge in [-0.25, -0.2) is 0 Å². The molecule has 7 heteroatoms. The summed E-state index contributed by atoms with van der Waals surface area (Å²) in [5.74, 6) is 1.52. The third-order valence-corrected chi connectivity index (χ3v) is 4.21. The molecule has 0 saturated heterocycles. The van der Waals surface area contributed by atoms with E-state index in [0.29, 0.717) is 18.9 Å². The van der Waals surface area contributed by atoms with Crippen LogP contribution in [0.2, 0.25) is 0 Å². The van der Waals surface area contributed by atoms with Crippen molar-refractivity contribution in [2.24, 2.45) is 0 Å². The molecule has 1 aliphatic rings. The van der Waals surface area contributed by atoms with Gasteiger partial charge in [0.15, 0.2) is 5.82 Å². The summed E-state index contributed by atoms with van der Waals surface area (Å²) in [7, 11) is 0. The minimum atomic E-state index is -0.0909. The monoisotopic (exact) mass is 335 g/mol. The molecule has 25 heavy (non-hydrogen) atoms. The highest BCUT2D eigenvalue weighted by atomic mass is 16.5. The first-order valence-corrected chi connectivity index (χ1v) is 8.06. The first kappa shape index (κ1) is 15.3. The van der Waals surface area contributed by atoms with E-state index in [1.165, 1.54) is 0 Å². The van der Waals surface area contributed by atoms with Gasteiger partial charge in [-0.15, -0.1) is 5.10 Å². The summed E-state index contributed by atoms with van der Waals surface area (Å²) < 4.78 is 7.24. The van der Waals surface area contributed by atoms with Crippen LogP contribution in [0.3, 0.4) is 0 Å². The number of rotatable bonds is 4. The molecule has 3 aromatic rings. The van der Waals surface area contributed by atoms with Crippen LogP contribution in [0.5, 0.6) is 5.75 Å². The van der Waals surface area contributed by atoms with Crippen LogP contribution in [0.4, 0.5) is 0 Å². The molecule has 1 unspecified atom stereocenters. The van der Waals surface area contributed by atoms with Crippen molar-refractivity contribution in [2.45, 2.75) is 19.4 Å². The van der Waals surface area contributed by atoms with Gasteiger partial charge in [0, 0.05) is 5.56 Å². The van der Waals surface area contributed by atoms with E-state index < -0.39 is 0 Å². The molecule has 7 nitrogen and oxygen atoms in total. The van der Waals surface area contributed by atoms with Crippen molar-refractivity contribution in [1.82, 2.24) is 25.5 Å². The van der Waals surface area contributed by atoms with Crippen molar-refractivity contribution < 1.29 is 9.53 Å². The Morgan fingerprint density at radius 1 is 1.24 bits per heavy atom. The number of nitrogens with zero attached hydrogens (tertiary/aromatic N) is 4. The molecule has 0 bridgehead atoms. The Hall–Kier alpha value is -3.22. The molecule has 0 aliphatic carbocycles. The average molecular weight is 335 g/mol. The second kappa shape index (κ2) is 6.35. The summed E-state index contributed by atoms with van der Waals surface area (Å²) >= 11 is 0. The zero-order chi connectivity index (χ0) is 17.2. The molecular weight excluding hydrogens is 318 g/mol. The number of nitrogens with one attached hydrogen (secondary N) is 1. The highest BCUT2D eigenvalue weighted by molar-refractivity contribution is 5.79. The van der Waals surface area contributed by atoms with Gasteiger partial charge in [0.05, 0.1) is 18.2 Å². The molecule has 0 spiro atoms. The van der Waals surface area contributed by atoms with Gasteiger partial charge in [-0.3, -0.25) is 4.79 Å². The van der Waals surface area contributed by atoms with E-state index in [-0.39, 0.29) is 11.9 Å². The van der Waals surface area contributed by atoms with E-state index in [1.54, 1.807) is 4.68 Å². The lowest BCUT2D eigenvalue weighted by Gasteiger charge is -2.12. The summed E-state index contributed by atoms with van der Waals surface area (Å²) in [5.41, 5.74) is 2.82. The first-order valence-electron chi connectivity index (χ1n) is 8.06. The van der Waals surface area contributed by atoms with E-state index in [9.17, 15) is 4.79 Å². The van der Waals surface area contributed by atoms with Crippen LogP contribution >= 0.6 is 0 Å². The maximum absolute atomic E-state index is 12.3. The smallest absolute Gasteiger partial charge is 0.225 e. The standard InChI is InChI=1S/C18H17N5O2/c1-12-20-21-22-23(12)14-8-6-13(7-9-14)10-18(24)19-16-11-25-17-5-3-2-4-15(16)17/h2-9,16H,10-11H2,1H3,(H,19,24). The van der Waals surface area contributed by atoms with Gasteiger partial charge in [0.25, 0.3) is 0 Å². The average Bonchev–Trinajstić information content (AvgIpc) is 3.22. The van der Waals surface area contributed by atoms with Gasteiger partial charge in [0.1, 0.15) is 12.4 Å². The van der Waals surface area contributed by atoms with Crippen LogP contribution in [-0.2, 0) is 11.2 Å². The molecule has 0 radical (unpaired) electrons. The summed E-state index contributed by atoms with van der Waals surface area (Å²) in [4.78, 5) is 12.3. The Morgan fingerprint density at radius 2 is 2.04 bits per heavy atom. The van der Waals surface area contributed by atoms with Gasteiger partial charge in [-0.2, -0.15) is 4.68 Å². The first-order chi connectivity index (χ1) is 12.2. The van der Waals surface area contributed by atoms with Gasteiger partial charge < -0.3 is 10.1 Å². The Bertz CT molecular complexity index is 904. The molecule has 2 aromatic carbocycles. The summed E-state index contributed by atoms with van der Waals surface area (Å²) in [5, 5.41) is 14.5. The SMILES string of the molecule is Cc1nnnn1-c1ccc(CC(=O)NC2COc3ccccc32)cc1. The fourth-order valence-corrected chi connectivity index (χ4v) is 2.94. The number of amides is 1. The second-order valence-electron chi connectivity index (χ2n) is 5.95. The van der Waals surface area contributed by atoms with Crippen molar-refractivity contribution in [3.05, 3.63) is 65.5 Å². The van der Waals surface area contributed by atoms with E-state index in [2.05, 4.69) is 20.8 Å². The number of aromatic nitrogens is 4. The molecule has 0 saturated carbocycles. The summed E-state index contributed by atoms with van der Waals surface area (Å²) in [6.45, 7) is 2.31. The normalized spacial score (nSPS) is 15.5. The van der Waals surface area contributed by atoms with Crippen LogP contribution in [0, 0.1) is 6.92 Å². The molecule has 1 aromatic heterocycles. The number of hydrogen-bond acceptors (Lipinski definition) is 5. The van der Waals surface area contributed by atoms with E-state index in [1.807, 2.05) is 55.5 Å². The third kappa shape index (κ3) is 3.08. The van der Waals surface area contributed by atoms with Crippen LogP contribution in [0.1, 0.15) is 23.0 Å². The lowest BCUT2D eigenvalue weighted by atomic mass is 10.1. The predicted octanol–water partition coefficient (Wildman–Crippen LogP) is 1.76. The number of carbonyl (C=O) groups excluding carboxylic acids is 1. The van der Waals surface area contributed by atoms with Gasteiger partial charge >= 0.3 is 0 Å². The van der Waals surface area contributed by atoms with E-state index in [4.69, 9.17) is 4.74 Å². The van der Waals surface area contributed by atoms with Crippen molar-refractivity contribution in [3.8, 4) is 11.4 Å². The second-order valence-corrected chi connectivity index (χ2v) is 5.95. The number of aryl methyl sites for hydroxylation is 1. The Kier molecular flexibility index (Phi) is 3.89. The highest BCUT2D eigenvalue weighted by Crippen LogP contribution is 2.31. The molecule has 2 heterocycles. The number of carbonyl (C=O) groups is 1. The fraction of sp³-hybridized carbons (Fsp3) is 0.222. The zero-order valence-electron chi connectivity index (χ0n) is 13.7. The molecule has 4 rings (SSSR count). The molecule has 126 valence electrons. The van der Waals surface area contributed by atoms with Crippen LogP contribution in [0.25, 0.3) is 5.69 Å². The predicted molar refractivity (Wildman–Crippen MR) is 90.4 cm³/mol. The van der Waals surface area contributed by atoms with Gasteiger partial charge in [-0.05, 0) is 41.1 Å². The van der Waals surface area contributed by atoms with E-state index >= 15 is 0 Å². The Morgan fingerprint density at radius 3 is 2.80 bits per heavy atom. The van der Waals surface area contributed by atoms with Gasteiger partial charge in [-0.1, -0.05) is 30.3 Å². The lowest BCUT2D eigenvalue weighted by Crippen LogP contribution is -2.30. The van der Waals surface area contributed by atoms with Crippen LogP contribution in [0.15, 0.2) is 48.5 Å². The highest BCUT2D eigenvalue weighted by Gasteiger charge is 2.24. The maximum atomic E-state index is 12.3. The largest absolute Gasteiger partial charge is 0.491 e. The number of benzene rings is 2. The quantitative estimate of drug-likeness (QED) is 0.786. The molecule has 0 fully saturated rings. The summed E-state index contributed by atoms with van der Waals surface area (Å²) in [6.07, 6.45) is 0.313. The number of tetrazole rings is 1. The van der Waals surface area contributed by atoms with Crippen LogP contribution < -0.4 is 10.1 Å². The molecule has 1 N–H and O–H groups in total. The van der Waals surface area contributed by atoms with Crippen molar-refractivity contribution in [3.63, 3.8) is 0 Å². The minimum Gasteiger partial charge on any atom is -0.491 e. The number of para-hydroxylation sites is 1. The zero-order valence-corrected chi connectivity index (χ0v) is 13.7. The third-order valence-electron chi connectivity index (χ3n) is 4.21. The fourth-order valence-electron chi connectivity index (χ4n) is 2.94. The Balaban J connectivity index is 1.41. The molecular formula is C18H17N5O2. The Labute approximate surface area is 144 Å². The molecule has 1 amide bonds. The number of fused-ring (bicyclic) bond motifs is 1. The van der Waals surface area contributed by atoms with Gasteiger partial charge in [0.2, 0.25) is 5.91 Å². The topological polar surface area (TPSA) is 81.9 Å². The number of ether oxygens (including phenoxy) is 1. The molecule has 1 atom stereocenters. The number of hydrogen-bond donors (Lipinski definition) is 1. The van der Waals surface area contributed by atoms with Crippen molar-refractivity contribution in [1.29, 1.82) is 0 Å². The van der Waals surface area contributed by atoms with E-state index in [0.717, 1.165) is 22.6 Å². The van der Waals surface area contributed by atoms with Crippen molar-refractivity contribution in [2.75, 3.05) is 6.61 Å². The minimum absolute atomic E-state index is 0.0309.